The number of epoxide rings is 2. The van der Waals surface area contributed by atoms with Crippen molar-refractivity contribution in [2.45, 2.75) is 146 Å². The summed E-state index contributed by atoms with van der Waals surface area (Å²) in [4.78, 5) is 35.8. The fourth-order valence-electron chi connectivity index (χ4n) is 9.40. The second kappa shape index (κ2) is 55.8. The number of phenols is 1. The average molecular weight is 1420 g/mol. The van der Waals surface area contributed by atoms with Gasteiger partial charge in [0.25, 0.3) is 0 Å². The molecule has 0 saturated carbocycles. The molecule has 564 valence electrons. The van der Waals surface area contributed by atoms with Crippen molar-refractivity contribution in [1.82, 2.24) is 0 Å². The molecule has 2 fully saturated rings. The largest absolute Gasteiger partial charge is 0.508 e. The van der Waals surface area contributed by atoms with Gasteiger partial charge < -0.3 is 98.8 Å². The number of nitrogens with zero attached hydrogens (tertiary/aromatic N) is 1. The van der Waals surface area contributed by atoms with Crippen LogP contribution in [0.3, 0.4) is 0 Å². The highest BCUT2D eigenvalue weighted by molar-refractivity contribution is 6.18. The minimum absolute atomic E-state index is 0. The molecule has 24 heteroatoms. The molecule has 0 spiro atoms. The number of nitrogens with two attached hydrogens (primary N) is 7. The third kappa shape index (κ3) is 38.0. The van der Waals surface area contributed by atoms with E-state index in [9.17, 15) is 24.6 Å². The number of benzene rings is 6. The highest BCUT2D eigenvalue weighted by Crippen LogP contribution is 2.35. The third-order valence-corrected chi connectivity index (χ3v) is 14.3. The number of phenolic OH excluding ortho intramolecular Hbond substituents is 1. The zero-order chi connectivity index (χ0) is 76.7. The lowest BCUT2D eigenvalue weighted by atomic mass is 9.93. The summed E-state index contributed by atoms with van der Waals surface area (Å²) >= 11 is 5.27. The van der Waals surface area contributed by atoms with Gasteiger partial charge in [-0.3, -0.25) is 4.99 Å². The molecule has 6 aromatic carbocycles. The smallest absolute Gasteiger partial charge is 0.341 e. The Morgan fingerprint density at radius 3 is 1.05 bits per heavy atom. The van der Waals surface area contributed by atoms with Crippen LogP contribution >= 0.6 is 11.6 Å². The first-order valence-corrected chi connectivity index (χ1v) is 33.0. The predicted molar refractivity (Wildman–Crippen MR) is 408 cm³/mol. The molecule has 2 aliphatic rings. The number of rotatable bonds is 24. The summed E-state index contributed by atoms with van der Waals surface area (Å²) < 4.78 is 37.2. The van der Waals surface area contributed by atoms with Crippen LogP contribution in [-0.4, -0.2) is 164 Å². The Kier molecular flexibility index (Phi) is 55.0. The quantitative estimate of drug-likeness (QED) is 0.0116. The molecule has 0 radical (unpaired) electrons. The lowest BCUT2D eigenvalue weighted by molar-refractivity contribution is -0.140. The van der Waals surface area contributed by atoms with Gasteiger partial charge in [-0.2, -0.15) is 0 Å². The normalized spacial score (nSPS) is 12.6. The summed E-state index contributed by atoms with van der Waals surface area (Å²) in [6.07, 6.45) is 2.86. The number of aliphatic carboxylic acids is 3. The number of aromatic hydroxyl groups is 1. The molecule has 8 rings (SSSR count). The molecule has 23 nitrogen and oxygen atoms in total. The van der Waals surface area contributed by atoms with Gasteiger partial charge in [-0.05, 0) is 266 Å². The van der Waals surface area contributed by atoms with Gasteiger partial charge >= 0.3 is 17.9 Å². The fraction of sp³-hybridized carbons (Fsp3) is 0.474. The van der Waals surface area contributed by atoms with Crippen LogP contribution in [0.5, 0.6) is 34.5 Å². The topological polar surface area (TPSA) is 418 Å². The molecular formula is C76H123ClN8O15. The van der Waals surface area contributed by atoms with Crippen molar-refractivity contribution in [1.29, 1.82) is 0 Å². The fourth-order valence-corrected chi connectivity index (χ4v) is 9.58. The van der Waals surface area contributed by atoms with Gasteiger partial charge in [0.15, 0.2) is 19.8 Å². The Morgan fingerprint density at radius 1 is 0.500 bits per heavy atom. The van der Waals surface area contributed by atoms with E-state index in [-0.39, 0.29) is 45.4 Å². The van der Waals surface area contributed by atoms with E-state index in [0.29, 0.717) is 53.3 Å². The lowest BCUT2D eigenvalue weighted by Crippen LogP contribution is -2.18. The molecule has 6 aromatic rings. The molecule has 100 heavy (non-hydrogen) atoms. The highest BCUT2D eigenvalue weighted by Gasteiger charge is 2.26. The number of hydrogen-bond donors (Lipinski definition) is 12. The number of hydrogen-bond acceptors (Lipinski definition) is 20. The van der Waals surface area contributed by atoms with Crippen LogP contribution in [0.25, 0.3) is 0 Å². The van der Waals surface area contributed by atoms with E-state index in [1.165, 1.54) is 83.4 Å². The van der Waals surface area contributed by atoms with Gasteiger partial charge in [0.1, 0.15) is 41.1 Å². The first-order chi connectivity index (χ1) is 47.2. The Bertz CT molecular complexity index is 3220. The summed E-state index contributed by atoms with van der Waals surface area (Å²) in [5, 5.41) is 46.1. The van der Waals surface area contributed by atoms with Crippen molar-refractivity contribution < 1.29 is 73.1 Å². The molecule has 0 aliphatic carbocycles. The molecule has 0 amide bonds. The van der Waals surface area contributed by atoms with Crippen LogP contribution in [-0.2, 0) is 43.1 Å². The first-order valence-electron chi connectivity index (χ1n) is 32.4. The molecule has 0 bridgehead atoms. The van der Waals surface area contributed by atoms with Gasteiger partial charge in [0.2, 0.25) is 12.6 Å². The Hall–Kier alpha value is -7.91. The second-order valence-corrected chi connectivity index (χ2v) is 22.5. The number of alkyl halides is 1. The van der Waals surface area contributed by atoms with E-state index in [4.69, 9.17) is 60.1 Å². The summed E-state index contributed by atoms with van der Waals surface area (Å²) in [5.74, 6) is 2.14. The van der Waals surface area contributed by atoms with Crippen LogP contribution in [0.15, 0.2) is 96.0 Å². The summed E-state index contributed by atoms with van der Waals surface area (Å²) in [7, 11) is 12.1. The molecule has 2 heterocycles. The van der Waals surface area contributed by atoms with E-state index in [0.717, 1.165) is 87.3 Å². The number of aryl methyl sites for hydroxylation is 6. The zero-order valence-electron chi connectivity index (χ0n) is 62.3. The minimum Gasteiger partial charge on any atom is -0.508 e. The maximum atomic E-state index is 10.7. The number of carboxylic acid groups (broad SMARTS) is 3. The van der Waals surface area contributed by atoms with Crippen molar-refractivity contribution in [2.24, 2.45) is 45.1 Å². The molecular weight excluding hydrogens is 1300 g/mol. The van der Waals surface area contributed by atoms with Crippen LogP contribution in [0, 0.1) is 41.5 Å². The van der Waals surface area contributed by atoms with E-state index >= 15 is 0 Å². The van der Waals surface area contributed by atoms with E-state index < -0.39 is 24.2 Å². The number of halogens is 1. The number of carbonyl (C=O) groups is 3. The van der Waals surface area contributed by atoms with Crippen molar-refractivity contribution in [3.63, 3.8) is 0 Å². The van der Waals surface area contributed by atoms with Gasteiger partial charge in [-0.25, -0.2) is 14.4 Å². The monoisotopic (exact) mass is 1420 g/mol. The number of aliphatic imine (C=N–C) groups is 1. The summed E-state index contributed by atoms with van der Waals surface area (Å²) in [6.45, 7) is 25.2. The van der Waals surface area contributed by atoms with Crippen LogP contribution < -0.4 is 63.8 Å². The highest BCUT2D eigenvalue weighted by atomic mass is 35.5. The van der Waals surface area contributed by atoms with Crippen molar-refractivity contribution in [3.8, 4) is 34.5 Å². The first kappa shape index (κ1) is 98.5. The standard InChI is InChI=1S/C23H29NO5.C22H26O5.C20H24O4.C3H5ClO.7CH5N.CH4/c1-14(2)19-10-17(6-7-21(19)29-23(27)12-24-5)11-20-15(3)8-18(9-16(20)4)28-13-22(25)26;1-13(2)18-9-16(5-6-20(18)27-22-12-26-22)10-19-14(3)7-17(8-15(19)4)25-11-21(23)24;1-12(2)17-9-15(5-6-19(17)21)10-18-13(3)7-16(8-14(18)4)24-11-20(22)23;4-1-3-2-5-3;7*1-2;/h6-10,12,14,23,27H,11,13H2,1-5H3,(H,25,26);5-9,13,22H,10-12H2,1-4H3,(H,23,24);5-9,12,21H,10-11H2,1-4H3,(H,22,23);3H,1-2H2;7*2H2,1H3;1H4. The molecule has 3 unspecified atom stereocenters. The maximum Gasteiger partial charge on any atom is 0.341 e. The molecule has 2 saturated heterocycles. The second-order valence-electron chi connectivity index (χ2n) is 22.2. The van der Waals surface area contributed by atoms with E-state index in [1.807, 2.05) is 108 Å². The summed E-state index contributed by atoms with van der Waals surface area (Å²) in [6, 6.07) is 29.3. The Labute approximate surface area is 601 Å². The van der Waals surface area contributed by atoms with E-state index in [2.05, 4.69) is 105 Å². The third-order valence-electron chi connectivity index (χ3n) is 14.0. The SMILES string of the molecule is C.CN.CN.CN.CN.CN.CN.CN.CN=CC(O)Oc1ccc(Cc2c(C)cc(OCC(=O)O)cc2C)cc1C(C)C.Cc1cc(OCC(=O)O)cc(C)c1Cc1ccc(O)c(C(C)C)c1.Cc1cc(OCC(=O)O)cc(C)c1Cc1ccc(OC2CO2)c(C(C)C)c1.ClCC1CO1. The van der Waals surface area contributed by atoms with Gasteiger partial charge in [-0.15, -0.1) is 11.6 Å². The minimum atomic E-state index is -1.08. The summed E-state index contributed by atoms with van der Waals surface area (Å²) in [5.41, 5.74) is 48.1. The predicted octanol–water partition coefficient (Wildman–Crippen LogP) is 10.6. The number of aliphatic hydroxyl groups is 1. The van der Waals surface area contributed by atoms with Crippen molar-refractivity contribution in [2.75, 3.05) is 95.3 Å². The van der Waals surface area contributed by atoms with Crippen molar-refractivity contribution >= 4 is 35.7 Å². The molecule has 0 aromatic heterocycles. The number of ether oxygens (including phenoxy) is 7. The molecule has 3 atom stereocenters. The molecule has 2 aliphatic heterocycles. The maximum absolute atomic E-state index is 10.7. The van der Waals surface area contributed by atoms with Crippen molar-refractivity contribution in [3.05, 3.63) is 174 Å². The number of carboxylic acids is 3. The Balaban J connectivity index is -0.000000611. The van der Waals surface area contributed by atoms with Crippen LogP contribution in [0.2, 0.25) is 0 Å². The van der Waals surface area contributed by atoms with Gasteiger partial charge in [-0.1, -0.05) is 85.4 Å². The Morgan fingerprint density at radius 2 is 0.790 bits per heavy atom. The lowest BCUT2D eigenvalue weighted by Gasteiger charge is -2.18. The van der Waals surface area contributed by atoms with Crippen LogP contribution in [0.4, 0.5) is 0 Å². The molecule has 19 N–H and O–H groups in total. The number of aliphatic hydroxyl groups excluding tert-OH is 1. The van der Waals surface area contributed by atoms with Gasteiger partial charge in [0.05, 0.1) is 24.8 Å². The van der Waals surface area contributed by atoms with Crippen LogP contribution in [0.1, 0.15) is 150 Å². The van der Waals surface area contributed by atoms with Gasteiger partial charge in [0, 0.05) is 7.05 Å². The average Bonchev–Trinajstić information content (AvgIpc) is 1.74. The van der Waals surface area contributed by atoms with E-state index in [1.54, 1.807) is 13.1 Å². The zero-order valence-corrected chi connectivity index (χ0v) is 63.0.